The summed E-state index contributed by atoms with van der Waals surface area (Å²) in [5.74, 6) is -1.48. The van der Waals surface area contributed by atoms with Crippen molar-refractivity contribution >= 4 is 29.0 Å². The SMILES string of the molecule is Cc1cc(C(=O)CCC(=O)OC(C(N)=O)c2ccccc2)c(C)s1. The molecule has 1 heterocycles. The number of hydrogen-bond donors (Lipinski definition) is 1. The average molecular weight is 345 g/mol. The maximum Gasteiger partial charge on any atom is 0.307 e. The van der Waals surface area contributed by atoms with Gasteiger partial charge in [0.15, 0.2) is 5.78 Å². The number of rotatable bonds is 7. The molecule has 1 atom stereocenters. The lowest BCUT2D eigenvalue weighted by Gasteiger charge is -2.14. The van der Waals surface area contributed by atoms with E-state index in [0.29, 0.717) is 11.1 Å². The third-order valence-electron chi connectivity index (χ3n) is 3.51. The van der Waals surface area contributed by atoms with Crippen LogP contribution in [0.1, 0.15) is 44.6 Å². The van der Waals surface area contributed by atoms with Crippen LogP contribution in [-0.2, 0) is 14.3 Å². The largest absolute Gasteiger partial charge is 0.447 e. The molecular formula is C18H19NO4S. The van der Waals surface area contributed by atoms with Crippen LogP contribution in [0, 0.1) is 13.8 Å². The van der Waals surface area contributed by atoms with Crippen LogP contribution in [0.3, 0.4) is 0 Å². The molecule has 1 aromatic carbocycles. The normalized spacial score (nSPS) is 11.8. The van der Waals surface area contributed by atoms with Crippen molar-refractivity contribution in [2.24, 2.45) is 5.73 Å². The Morgan fingerprint density at radius 3 is 2.33 bits per heavy atom. The van der Waals surface area contributed by atoms with Gasteiger partial charge in [-0.2, -0.15) is 0 Å². The summed E-state index contributed by atoms with van der Waals surface area (Å²) in [5, 5.41) is 0. The summed E-state index contributed by atoms with van der Waals surface area (Å²) in [6.45, 7) is 3.81. The maximum atomic E-state index is 12.2. The summed E-state index contributed by atoms with van der Waals surface area (Å²) in [6, 6.07) is 10.4. The monoisotopic (exact) mass is 345 g/mol. The van der Waals surface area contributed by atoms with Gasteiger partial charge in [0.25, 0.3) is 5.91 Å². The number of ketones is 1. The number of benzene rings is 1. The lowest BCUT2D eigenvalue weighted by atomic mass is 10.1. The molecule has 0 spiro atoms. The highest BCUT2D eigenvalue weighted by Crippen LogP contribution is 2.23. The van der Waals surface area contributed by atoms with Crippen molar-refractivity contribution < 1.29 is 19.1 Å². The second kappa shape index (κ2) is 7.88. The number of hydrogen-bond acceptors (Lipinski definition) is 5. The second-order valence-corrected chi connectivity index (χ2v) is 6.89. The van der Waals surface area contributed by atoms with E-state index in [1.807, 2.05) is 19.9 Å². The van der Waals surface area contributed by atoms with Crippen LogP contribution in [0.2, 0.25) is 0 Å². The van der Waals surface area contributed by atoms with Gasteiger partial charge in [-0.15, -0.1) is 11.3 Å². The highest BCUT2D eigenvalue weighted by Gasteiger charge is 2.23. The smallest absolute Gasteiger partial charge is 0.307 e. The molecule has 5 nitrogen and oxygen atoms in total. The first-order valence-corrected chi connectivity index (χ1v) is 8.34. The van der Waals surface area contributed by atoms with Crippen molar-refractivity contribution in [2.75, 3.05) is 0 Å². The number of Topliss-reactive ketones (excluding diaryl/α,β-unsaturated/α-hetero) is 1. The summed E-state index contributed by atoms with van der Waals surface area (Å²) in [7, 11) is 0. The van der Waals surface area contributed by atoms with E-state index in [1.54, 1.807) is 41.7 Å². The predicted octanol–water partition coefficient (Wildman–Crippen LogP) is 3.10. The number of amides is 1. The van der Waals surface area contributed by atoms with Crippen molar-refractivity contribution in [3.05, 3.63) is 57.3 Å². The third-order valence-corrected chi connectivity index (χ3v) is 4.47. The van der Waals surface area contributed by atoms with Gasteiger partial charge in [0, 0.05) is 27.3 Å². The van der Waals surface area contributed by atoms with Crippen LogP contribution in [0.25, 0.3) is 0 Å². The maximum absolute atomic E-state index is 12.2. The fourth-order valence-electron chi connectivity index (χ4n) is 2.37. The molecule has 2 aromatic rings. The topological polar surface area (TPSA) is 86.5 Å². The van der Waals surface area contributed by atoms with Gasteiger partial charge < -0.3 is 10.5 Å². The summed E-state index contributed by atoms with van der Waals surface area (Å²) < 4.78 is 5.16. The van der Waals surface area contributed by atoms with Gasteiger partial charge >= 0.3 is 5.97 Å². The van der Waals surface area contributed by atoms with E-state index >= 15 is 0 Å². The lowest BCUT2D eigenvalue weighted by molar-refractivity contribution is -0.155. The Kier molecular flexibility index (Phi) is 5.87. The predicted molar refractivity (Wildman–Crippen MR) is 91.8 cm³/mol. The number of carbonyl (C=O) groups excluding carboxylic acids is 3. The van der Waals surface area contributed by atoms with Crippen molar-refractivity contribution in [1.82, 2.24) is 0 Å². The number of esters is 1. The van der Waals surface area contributed by atoms with E-state index in [-0.39, 0.29) is 18.6 Å². The van der Waals surface area contributed by atoms with E-state index in [0.717, 1.165) is 9.75 Å². The van der Waals surface area contributed by atoms with Crippen molar-refractivity contribution in [1.29, 1.82) is 0 Å². The Balaban J connectivity index is 1.95. The molecule has 0 aliphatic carbocycles. The number of thiophene rings is 1. The molecule has 0 fully saturated rings. The summed E-state index contributed by atoms with van der Waals surface area (Å²) in [4.78, 5) is 37.7. The van der Waals surface area contributed by atoms with Gasteiger partial charge in [-0.05, 0) is 19.9 Å². The number of aryl methyl sites for hydroxylation is 2. The first-order chi connectivity index (χ1) is 11.4. The minimum atomic E-state index is -1.14. The number of primary amides is 1. The molecule has 24 heavy (non-hydrogen) atoms. The van der Waals surface area contributed by atoms with Gasteiger partial charge in [-0.25, -0.2) is 0 Å². The zero-order valence-electron chi connectivity index (χ0n) is 13.6. The van der Waals surface area contributed by atoms with Crippen LogP contribution in [-0.4, -0.2) is 17.7 Å². The highest BCUT2D eigenvalue weighted by molar-refractivity contribution is 7.12. The number of nitrogens with two attached hydrogens (primary N) is 1. The Bertz CT molecular complexity index is 752. The van der Waals surface area contributed by atoms with Crippen molar-refractivity contribution in [3.8, 4) is 0 Å². The Labute approximate surface area is 144 Å². The molecule has 1 aromatic heterocycles. The fourth-order valence-corrected chi connectivity index (χ4v) is 3.31. The lowest BCUT2D eigenvalue weighted by Crippen LogP contribution is -2.26. The molecule has 1 amide bonds. The molecule has 0 aliphatic rings. The molecule has 2 rings (SSSR count). The quantitative estimate of drug-likeness (QED) is 0.617. The molecule has 126 valence electrons. The molecule has 6 heteroatoms. The van der Waals surface area contributed by atoms with Gasteiger partial charge in [0.2, 0.25) is 6.10 Å². The van der Waals surface area contributed by atoms with Gasteiger partial charge in [-0.1, -0.05) is 30.3 Å². The summed E-state index contributed by atoms with van der Waals surface area (Å²) in [6.07, 6.45) is -1.20. The first kappa shape index (κ1) is 17.9. The van der Waals surface area contributed by atoms with E-state index in [4.69, 9.17) is 10.5 Å². The molecule has 1 unspecified atom stereocenters. The molecule has 0 bridgehead atoms. The molecule has 0 saturated heterocycles. The minimum absolute atomic E-state index is 0.0378. The van der Waals surface area contributed by atoms with Gasteiger partial charge in [0.05, 0.1) is 6.42 Å². The van der Waals surface area contributed by atoms with Crippen LogP contribution in [0.15, 0.2) is 36.4 Å². The molecule has 2 N–H and O–H groups in total. The number of ether oxygens (including phenoxy) is 1. The molecular weight excluding hydrogens is 326 g/mol. The first-order valence-electron chi connectivity index (χ1n) is 7.52. The second-order valence-electron chi connectivity index (χ2n) is 5.43. The molecule has 0 aliphatic heterocycles. The third kappa shape index (κ3) is 4.52. The van der Waals surface area contributed by atoms with Crippen LogP contribution < -0.4 is 5.73 Å². The van der Waals surface area contributed by atoms with Crippen LogP contribution >= 0.6 is 11.3 Å². The van der Waals surface area contributed by atoms with Crippen molar-refractivity contribution in [3.63, 3.8) is 0 Å². The summed E-state index contributed by atoms with van der Waals surface area (Å²) >= 11 is 1.55. The minimum Gasteiger partial charge on any atom is -0.447 e. The molecule has 0 radical (unpaired) electrons. The standard InChI is InChI=1S/C18H19NO4S/c1-11-10-14(12(2)24-11)15(20)8-9-16(21)23-17(18(19)22)13-6-4-3-5-7-13/h3-7,10,17H,8-9H2,1-2H3,(H2,19,22). The Morgan fingerprint density at radius 1 is 1.12 bits per heavy atom. The zero-order valence-corrected chi connectivity index (χ0v) is 14.4. The average Bonchev–Trinajstić information content (AvgIpc) is 2.89. The van der Waals surface area contributed by atoms with E-state index < -0.39 is 18.0 Å². The summed E-state index contributed by atoms with van der Waals surface area (Å²) in [5.41, 5.74) is 6.45. The van der Waals surface area contributed by atoms with E-state index in [2.05, 4.69) is 0 Å². The highest BCUT2D eigenvalue weighted by atomic mass is 32.1. The Morgan fingerprint density at radius 2 is 1.79 bits per heavy atom. The van der Waals surface area contributed by atoms with Crippen LogP contribution in [0.4, 0.5) is 0 Å². The fraction of sp³-hybridized carbons (Fsp3) is 0.278. The number of carbonyl (C=O) groups is 3. The zero-order chi connectivity index (χ0) is 17.7. The van der Waals surface area contributed by atoms with Crippen LogP contribution in [0.5, 0.6) is 0 Å². The van der Waals surface area contributed by atoms with Gasteiger partial charge in [-0.3, -0.25) is 14.4 Å². The van der Waals surface area contributed by atoms with E-state index in [9.17, 15) is 14.4 Å². The van der Waals surface area contributed by atoms with Gasteiger partial charge in [0.1, 0.15) is 0 Å². The van der Waals surface area contributed by atoms with E-state index in [1.165, 1.54) is 0 Å². The van der Waals surface area contributed by atoms with Crippen molar-refractivity contribution in [2.45, 2.75) is 32.8 Å². The Hall–Kier alpha value is -2.47. The molecule has 0 saturated carbocycles.